The van der Waals surface area contributed by atoms with Gasteiger partial charge in [-0.15, -0.1) is 0 Å². The van der Waals surface area contributed by atoms with Gasteiger partial charge < -0.3 is 10.1 Å². The molecule has 1 aromatic carbocycles. The van der Waals surface area contributed by atoms with Crippen LogP contribution in [-0.2, 0) is 20.3 Å². The average Bonchev–Trinajstić information content (AvgIpc) is 2.57. The van der Waals surface area contributed by atoms with Gasteiger partial charge in [0.25, 0.3) is 5.91 Å². The summed E-state index contributed by atoms with van der Waals surface area (Å²) < 4.78 is 28.3. The van der Waals surface area contributed by atoms with Crippen LogP contribution in [0.25, 0.3) is 0 Å². The van der Waals surface area contributed by atoms with Crippen LogP contribution >= 0.6 is 0 Å². The standard InChI is InChI=1S/C19H30N2O4S/c1-15(2)11-18(21-7-9-25-10-8-21)13-20-19(22)17-6-4-5-16(12-17)14-26(3,23)24/h4-6,12,15,18H,7-11,13-14H2,1-3H3,(H,20,22). The summed E-state index contributed by atoms with van der Waals surface area (Å²) in [7, 11) is -3.12. The Hall–Kier alpha value is -1.44. The molecule has 0 bridgehead atoms. The van der Waals surface area contributed by atoms with Crippen molar-refractivity contribution in [3.63, 3.8) is 0 Å². The van der Waals surface area contributed by atoms with Gasteiger partial charge in [-0.1, -0.05) is 26.0 Å². The van der Waals surface area contributed by atoms with E-state index in [-0.39, 0.29) is 17.7 Å². The van der Waals surface area contributed by atoms with E-state index in [1.807, 2.05) is 0 Å². The van der Waals surface area contributed by atoms with Gasteiger partial charge in [0, 0.05) is 37.5 Å². The molecule has 2 rings (SSSR count). The molecule has 0 aromatic heterocycles. The van der Waals surface area contributed by atoms with Crippen molar-refractivity contribution in [2.45, 2.75) is 32.1 Å². The average molecular weight is 383 g/mol. The number of sulfone groups is 1. The minimum absolute atomic E-state index is 0.0577. The van der Waals surface area contributed by atoms with E-state index in [1.165, 1.54) is 6.26 Å². The van der Waals surface area contributed by atoms with Crippen molar-refractivity contribution < 1.29 is 17.9 Å². The van der Waals surface area contributed by atoms with Crippen molar-refractivity contribution in [1.82, 2.24) is 10.2 Å². The number of amides is 1. The molecule has 1 amide bonds. The molecule has 0 radical (unpaired) electrons. The smallest absolute Gasteiger partial charge is 0.251 e. The number of rotatable bonds is 8. The number of nitrogens with one attached hydrogen (secondary N) is 1. The Kier molecular flexibility index (Phi) is 7.61. The Morgan fingerprint density at radius 2 is 1.96 bits per heavy atom. The first-order valence-corrected chi connectivity index (χ1v) is 11.2. The second kappa shape index (κ2) is 9.48. The van der Waals surface area contributed by atoms with Crippen LogP contribution in [0, 0.1) is 5.92 Å². The number of hydrogen-bond donors (Lipinski definition) is 1. The van der Waals surface area contributed by atoms with Crippen molar-refractivity contribution in [3.8, 4) is 0 Å². The number of nitrogens with zero attached hydrogens (tertiary/aromatic N) is 1. The predicted octanol–water partition coefficient (Wildman–Crippen LogP) is 1.71. The maximum absolute atomic E-state index is 12.5. The lowest BCUT2D eigenvalue weighted by Crippen LogP contribution is -2.49. The number of morpholine rings is 1. The molecule has 0 saturated carbocycles. The minimum Gasteiger partial charge on any atom is -0.379 e. The minimum atomic E-state index is -3.12. The lowest BCUT2D eigenvalue weighted by Gasteiger charge is -2.35. The maximum atomic E-state index is 12.5. The highest BCUT2D eigenvalue weighted by atomic mass is 32.2. The van der Waals surface area contributed by atoms with Crippen molar-refractivity contribution in [1.29, 1.82) is 0 Å². The molecule has 1 aromatic rings. The van der Waals surface area contributed by atoms with E-state index in [1.54, 1.807) is 24.3 Å². The van der Waals surface area contributed by atoms with Gasteiger partial charge in [0.05, 0.1) is 19.0 Å². The zero-order chi connectivity index (χ0) is 19.2. The van der Waals surface area contributed by atoms with Crippen LogP contribution in [0.5, 0.6) is 0 Å². The van der Waals surface area contributed by atoms with Crippen molar-refractivity contribution in [2.24, 2.45) is 5.92 Å². The lowest BCUT2D eigenvalue weighted by molar-refractivity contribution is 0.0124. The molecular weight excluding hydrogens is 352 g/mol. The highest BCUT2D eigenvalue weighted by molar-refractivity contribution is 7.89. The van der Waals surface area contributed by atoms with Crippen LogP contribution in [0.15, 0.2) is 24.3 Å². The van der Waals surface area contributed by atoms with Crippen molar-refractivity contribution in [3.05, 3.63) is 35.4 Å². The molecular formula is C19H30N2O4S. The molecule has 1 fully saturated rings. The molecule has 1 N–H and O–H groups in total. The van der Waals surface area contributed by atoms with Crippen LogP contribution in [0.4, 0.5) is 0 Å². The van der Waals surface area contributed by atoms with Gasteiger partial charge in [-0.25, -0.2) is 8.42 Å². The topological polar surface area (TPSA) is 75.7 Å². The first-order valence-electron chi connectivity index (χ1n) is 9.11. The highest BCUT2D eigenvalue weighted by Crippen LogP contribution is 2.14. The van der Waals surface area contributed by atoms with Gasteiger partial charge in [0.1, 0.15) is 0 Å². The van der Waals surface area contributed by atoms with Gasteiger partial charge >= 0.3 is 0 Å². The zero-order valence-electron chi connectivity index (χ0n) is 15.9. The van der Waals surface area contributed by atoms with Gasteiger partial charge in [0.2, 0.25) is 0 Å². The monoisotopic (exact) mass is 382 g/mol. The van der Waals surface area contributed by atoms with Crippen LogP contribution < -0.4 is 5.32 Å². The Balaban J connectivity index is 1.99. The van der Waals surface area contributed by atoms with Crippen LogP contribution in [0.2, 0.25) is 0 Å². The zero-order valence-corrected chi connectivity index (χ0v) is 16.7. The number of carbonyl (C=O) groups excluding carboxylic acids is 1. The summed E-state index contributed by atoms with van der Waals surface area (Å²) in [5, 5.41) is 3.02. The van der Waals surface area contributed by atoms with Crippen LogP contribution in [0.3, 0.4) is 0 Å². The van der Waals surface area contributed by atoms with E-state index in [2.05, 4.69) is 24.1 Å². The molecule has 1 heterocycles. The molecule has 1 unspecified atom stereocenters. The second-order valence-corrected chi connectivity index (χ2v) is 9.55. The van der Waals surface area contributed by atoms with Crippen LogP contribution in [0.1, 0.15) is 36.2 Å². The third-order valence-electron chi connectivity index (χ3n) is 4.42. The largest absolute Gasteiger partial charge is 0.379 e. The van der Waals surface area contributed by atoms with Crippen LogP contribution in [-0.4, -0.2) is 64.4 Å². The summed E-state index contributed by atoms with van der Waals surface area (Å²) in [5.41, 5.74) is 1.13. The Morgan fingerprint density at radius 3 is 2.58 bits per heavy atom. The summed E-state index contributed by atoms with van der Waals surface area (Å²) in [6, 6.07) is 7.11. The molecule has 1 saturated heterocycles. The van der Waals surface area contributed by atoms with E-state index in [9.17, 15) is 13.2 Å². The van der Waals surface area contributed by atoms with Gasteiger partial charge in [-0.05, 0) is 30.0 Å². The lowest BCUT2D eigenvalue weighted by atomic mass is 10.0. The third-order valence-corrected chi connectivity index (χ3v) is 5.28. The molecule has 1 aliphatic heterocycles. The number of benzene rings is 1. The summed E-state index contributed by atoms with van der Waals surface area (Å²) >= 11 is 0. The fourth-order valence-corrected chi connectivity index (χ4v) is 4.05. The molecule has 26 heavy (non-hydrogen) atoms. The van der Waals surface area contributed by atoms with Crippen molar-refractivity contribution >= 4 is 15.7 Å². The van der Waals surface area contributed by atoms with Crippen molar-refractivity contribution in [2.75, 3.05) is 39.1 Å². The summed E-state index contributed by atoms with van der Waals surface area (Å²) in [5.74, 6) is 0.318. The Morgan fingerprint density at radius 1 is 1.27 bits per heavy atom. The molecule has 1 aliphatic rings. The first kappa shape index (κ1) is 20.9. The highest BCUT2D eigenvalue weighted by Gasteiger charge is 2.22. The van der Waals surface area contributed by atoms with E-state index in [0.29, 0.717) is 23.6 Å². The SMILES string of the molecule is CC(C)CC(CNC(=O)c1cccc(CS(C)(=O)=O)c1)N1CCOCC1. The molecule has 146 valence electrons. The Bertz CT molecular complexity index is 697. The number of carbonyl (C=O) groups is 1. The fraction of sp³-hybridized carbons (Fsp3) is 0.632. The number of hydrogen-bond acceptors (Lipinski definition) is 5. The van der Waals surface area contributed by atoms with Gasteiger partial charge in [0.15, 0.2) is 9.84 Å². The molecule has 0 aliphatic carbocycles. The predicted molar refractivity (Wildman–Crippen MR) is 103 cm³/mol. The van der Waals surface area contributed by atoms with E-state index in [0.717, 1.165) is 32.7 Å². The molecule has 6 nitrogen and oxygen atoms in total. The van der Waals surface area contributed by atoms with E-state index >= 15 is 0 Å². The quantitative estimate of drug-likeness (QED) is 0.741. The van der Waals surface area contributed by atoms with E-state index in [4.69, 9.17) is 4.74 Å². The molecule has 1 atom stereocenters. The van der Waals surface area contributed by atoms with Gasteiger partial charge in [-0.3, -0.25) is 9.69 Å². The number of ether oxygens (including phenoxy) is 1. The molecule has 0 spiro atoms. The molecule has 7 heteroatoms. The van der Waals surface area contributed by atoms with E-state index < -0.39 is 9.84 Å². The summed E-state index contributed by atoms with van der Waals surface area (Å²) in [6.07, 6.45) is 2.20. The summed E-state index contributed by atoms with van der Waals surface area (Å²) in [4.78, 5) is 14.9. The Labute approximate surface area is 156 Å². The fourth-order valence-electron chi connectivity index (χ4n) is 3.27. The maximum Gasteiger partial charge on any atom is 0.251 e. The third kappa shape index (κ3) is 7.05. The normalized spacial score (nSPS) is 17.2. The first-order chi connectivity index (χ1) is 12.2. The summed E-state index contributed by atoms with van der Waals surface area (Å²) in [6.45, 7) is 8.18. The van der Waals surface area contributed by atoms with Gasteiger partial charge in [-0.2, -0.15) is 0 Å². The second-order valence-electron chi connectivity index (χ2n) is 7.41.